The van der Waals surface area contributed by atoms with Crippen LogP contribution in [0.15, 0.2) is 42.5 Å². The van der Waals surface area contributed by atoms with E-state index in [2.05, 4.69) is 5.10 Å². The van der Waals surface area contributed by atoms with E-state index in [0.717, 1.165) is 27.8 Å². The highest BCUT2D eigenvalue weighted by molar-refractivity contribution is 5.84. The predicted molar refractivity (Wildman–Crippen MR) is 70.5 cm³/mol. The third-order valence-corrected chi connectivity index (χ3v) is 3.54. The number of nitro benzene ring substituents is 1. The van der Waals surface area contributed by atoms with Crippen molar-refractivity contribution < 1.29 is 4.92 Å². The lowest BCUT2D eigenvalue weighted by atomic mass is 10.1. The quantitative estimate of drug-likeness (QED) is 0.386. The molecular formula is C14H9N3O2. The Labute approximate surface area is 108 Å². The van der Waals surface area contributed by atoms with Crippen LogP contribution in [0.4, 0.5) is 5.69 Å². The van der Waals surface area contributed by atoms with E-state index < -0.39 is 0 Å². The molecule has 92 valence electrons. The van der Waals surface area contributed by atoms with Crippen molar-refractivity contribution in [3.63, 3.8) is 0 Å². The maximum Gasteiger partial charge on any atom is 0.269 e. The zero-order valence-corrected chi connectivity index (χ0v) is 9.91. The van der Waals surface area contributed by atoms with Gasteiger partial charge in [-0.15, -0.1) is 0 Å². The third kappa shape index (κ3) is 1.32. The summed E-state index contributed by atoms with van der Waals surface area (Å²) in [6.07, 6.45) is 0.692. The van der Waals surface area contributed by atoms with Gasteiger partial charge in [-0.2, -0.15) is 5.10 Å². The summed E-state index contributed by atoms with van der Waals surface area (Å²) < 4.78 is 1.89. The molecule has 1 aliphatic rings. The largest absolute Gasteiger partial charge is 0.269 e. The van der Waals surface area contributed by atoms with Crippen molar-refractivity contribution >= 4 is 16.6 Å². The first-order chi connectivity index (χ1) is 9.24. The fraction of sp³-hybridized carbons (Fsp3) is 0.0714. The van der Waals surface area contributed by atoms with Crippen molar-refractivity contribution in [3.8, 4) is 5.69 Å². The number of non-ortho nitro benzene ring substituents is 1. The predicted octanol–water partition coefficient (Wildman–Crippen LogP) is 2.84. The Morgan fingerprint density at radius 2 is 2.05 bits per heavy atom. The van der Waals surface area contributed by atoms with Crippen LogP contribution < -0.4 is 0 Å². The van der Waals surface area contributed by atoms with Gasteiger partial charge in [0.25, 0.3) is 5.69 Å². The maximum absolute atomic E-state index is 10.8. The van der Waals surface area contributed by atoms with E-state index in [1.807, 2.05) is 28.9 Å². The van der Waals surface area contributed by atoms with Gasteiger partial charge in [0, 0.05) is 23.9 Å². The van der Waals surface area contributed by atoms with Crippen LogP contribution in [0.3, 0.4) is 0 Å². The van der Waals surface area contributed by atoms with Gasteiger partial charge in [-0.3, -0.25) is 10.1 Å². The number of benzene rings is 2. The molecule has 0 aliphatic carbocycles. The first-order valence-corrected chi connectivity index (χ1v) is 5.98. The lowest BCUT2D eigenvalue weighted by molar-refractivity contribution is -0.384. The molecule has 0 atom stereocenters. The van der Waals surface area contributed by atoms with Crippen molar-refractivity contribution in [2.45, 2.75) is 6.42 Å². The molecule has 0 saturated carbocycles. The molecule has 1 aromatic heterocycles. The van der Waals surface area contributed by atoms with Gasteiger partial charge in [0.2, 0.25) is 0 Å². The highest BCUT2D eigenvalue weighted by Gasteiger charge is 2.24. The fourth-order valence-electron chi connectivity index (χ4n) is 2.67. The van der Waals surface area contributed by atoms with Crippen LogP contribution in [0.25, 0.3) is 16.6 Å². The Hall–Kier alpha value is -2.69. The molecule has 5 heteroatoms. The van der Waals surface area contributed by atoms with Gasteiger partial charge >= 0.3 is 0 Å². The minimum absolute atomic E-state index is 0.133. The Balaban J connectivity index is 1.96. The van der Waals surface area contributed by atoms with E-state index in [1.54, 1.807) is 12.1 Å². The Kier molecular flexibility index (Phi) is 1.84. The van der Waals surface area contributed by atoms with Crippen LogP contribution in [-0.4, -0.2) is 14.7 Å². The van der Waals surface area contributed by atoms with Crippen molar-refractivity contribution in [1.82, 2.24) is 9.78 Å². The molecule has 0 unspecified atom stereocenters. The topological polar surface area (TPSA) is 61.0 Å². The van der Waals surface area contributed by atoms with Gasteiger partial charge in [0.05, 0.1) is 21.8 Å². The molecule has 0 saturated heterocycles. The normalized spacial score (nSPS) is 12.4. The minimum atomic E-state index is -0.362. The van der Waals surface area contributed by atoms with Gasteiger partial charge in [0.1, 0.15) is 0 Å². The van der Waals surface area contributed by atoms with Gasteiger partial charge in [0.15, 0.2) is 0 Å². The lowest BCUT2D eigenvalue weighted by Gasteiger charge is -1.99. The van der Waals surface area contributed by atoms with E-state index in [-0.39, 0.29) is 10.6 Å². The minimum Gasteiger partial charge on any atom is -0.258 e. The van der Waals surface area contributed by atoms with Crippen molar-refractivity contribution in [2.75, 3.05) is 0 Å². The summed E-state index contributed by atoms with van der Waals surface area (Å²) in [4.78, 5) is 10.4. The highest BCUT2D eigenvalue weighted by atomic mass is 16.6. The molecule has 0 amide bonds. The van der Waals surface area contributed by atoms with E-state index in [1.165, 1.54) is 6.07 Å². The Morgan fingerprint density at radius 1 is 1.21 bits per heavy atom. The first kappa shape index (κ1) is 10.3. The molecule has 0 bridgehead atoms. The second kappa shape index (κ2) is 3.41. The lowest BCUT2D eigenvalue weighted by Crippen LogP contribution is -1.95. The van der Waals surface area contributed by atoms with Crippen LogP contribution in [0.1, 0.15) is 11.3 Å². The van der Waals surface area contributed by atoms with E-state index in [9.17, 15) is 10.1 Å². The number of hydrogen-bond donors (Lipinski definition) is 0. The van der Waals surface area contributed by atoms with Crippen LogP contribution in [-0.2, 0) is 6.42 Å². The number of rotatable bonds is 1. The van der Waals surface area contributed by atoms with Gasteiger partial charge in [-0.1, -0.05) is 18.2 Å². The summed E-state index contributed by atoms with van der Waals surface area (Å²) >= 11 is 0. The summed E-state index contributed by atoms with van der Waals surface area (Å²) in [5.41, 5.74) is 4.10. The summed E-state index contributed by atoms with van der Waals surface area (Å²) in [5, 5.41) is 16.5. The van der Waals surface area contributed by atoms with E-state index in [0.29, 0.717) is 6.42 Å². The number of hydrogen-bond acceptors (Lipinski definition) is 3. The molecule has 1 aliphatic heterocycles. The van der Waals surface area contributed by atoms with Crippen molar-refractivity contribution in [1.29, 1.82) is 0 Å². The molecule has 5 nitrogen and oxygen atoms in total. The van der Waals surface area contributed by atoms with Gasteiger partial charge in [-0.25, -0.2) is 4.68 Å². The Bertz CT molecular complexity index is 836. The molecule has 0 fully saturated rings. The molecule has 0 N–H and O–H groups in total. The summed E-state index contributed by atoms with van der Waals surface area (Å²) in [6.45, 7) is 0. The smallest absolute Gasteiger partial charge is 0.258 e. The number of nitrogens with zero attached hydrogens (tertiary/aromatic N) is 3. The zero-order chi connectivity index (χ0) is 13.0. The van der Waals surface area contributed by atoms with E-state index in [4.69, 9.17) is 0 Å². The average Bonchev–Trinajstić information content (AvgIpc) is 2.93. The first-order valence-electron chi connectivity index (χ1n) is 5.98. The number of fused-ring (bicyclic) bond motifs is 5. The highest BCUT2D eigenvalue weighted by Crippen LogP contribution is 2.34. The van der Waals surface area contributed by atoms with Crippen molar-refractivity contribution in [2.24, 2.45) is 0 Å². The monoisotopic (exact) mass is 251 g/mol. The molecule has 0 radical (unpaired) electrons. The molecule has 3 aromatic rings. The van der Waals surface area contributed by atoms with Crippen LogP contribution in [0.2, 0.25) is 0 Å². The summed E-state index contributed by atoms with van der Waals surface area (Å²) in [5.74, 6) is 0. The van der Waals surface area contributed by atoms with Crippen LogP contribution in [0.5, 0.6) is 0 Å². The number of aromatic nitrogens is 2. The number of nitro groups is 1. The average molecular weight is 251 g/mol. The molecule has 4 rings (SSSR count). The fourth-order valence-corrected chi connectivity index (χ4v) is 2.67. The summed E-state index contributed by atoms with van der Waals surface area (Å²) in [7, 11) is 0. The molecule has 2 heterocycles. The zero-order valence-electron chi connectivity index (χ0n) is 9.91. The van der Waals surface area contributed by atoms with Crippen LogP contribution in [0, 0.1) is 10.1 Å². The molecule has 19 heavy (non-hydrogen) atoms. The van der Waals surface area contributed by atoms with E-state index >= 15 is 0 Å². The molecule has 2 aromatic carbocycles. The SMILES string of the molecule is O=[N+]([O-])c1ccc2c(c1)Cc1c3ccccc3nn1-2. The summed E-state index contributed by atoms with van der Waals surface area (Å²) in [6, 6.07) is 12.9. The van der Waals surface area contributed by atoms with Crippen LogP contribution >= 0.6 is 0 Å². The van der Waals surface area contributed by atoms with Gasteiger partial charge in [-0.05, 0) is 17.7 Å². The standard InChI is InChI=1S/C14H9N3O2/c18-17(19)10-5-6-13-9(7-10)8-14-11-3-1-2-4-12(11)15-16(13)14/h1-7H,8H2. The van der Waals surface area contributed by atoms with Crippen molar-refractivity contribution in [3.05, 3.63) is 63.8 Å². The Morgan fingerprint density at radius 3 is 2.89 bits per heavy atom. The molecule has 0 spiro atoms. The third-order valence-electron chi connectivity index (χ3n) is 3.54. The second-order valence-corrected chi connectivity index (χ2v) is 4.62. The van der Waals surface area contributed by atoms with Gasteiger partial charge < -0.3 is 0 Å². The molecular weight excluding hydrogens is 242 g/mol. The maximum atomic E-state index is 10.8. The second-order valence-electron chi connectivity index (χ2n) is 4.62.